The summed E-state index contributed by atoms with van der Waals surface area (Å²) in [6, 6.07) is 0. The van der Waals surface area contributed by atoms with Crippen molar-refractivity contribution in [3.63, 3.8) is 0 Å². The molecule has 71 valence electrons. The highest BCUT2D eigenvalue weighted by Crippen LogP contribution is 2.34. The number of rotatable bonds is 6. The van der Waals surface area contributed by atoms with Gasteiger partial charge in [-0.05, 0) is 11.3 Å². The van der Waals surface area contributed by atoms with Crippen LogP contribution in [0.2, 0.25) is 0 Å². The molecule has 0 saturated carbocycles. The van der Waals surface area contributed by atoms with Gasteiger partial charge >= 0.3 is 6.47 Å². The summed E-state index contributed by atoms with van der Waals surface area (Å²) < 4.78 is 4.64. The van der Waals surface area contributed by atoms with Gasteiger partial charge < -0.3 is 4.74 Å². The Morgan fingerprint density at radius 3 is 2.25 bits per heavy atom. The summed E-state index contributed by atoms with van der Waals surface area (Å²) in [6.07, 6.45) is 2.24. The van der Waals surface area contributed by atoms with Crippen LogP contribution in [0.3, 0.4) is 0 Å². The molecule has 0 spiro atoms. The number of ether oxygens (including phenoxy) is 1. The Morgan fingerprint density at radius 2 is 1.92 bits per heavy atom. The summed E-state index contributed by atoms with van der Waals surface area (Å²) in [7, 11) is 0. The van der Waals surface area contributed by atoms with Crippen molar-refractivity contribution >= 4 is 6.47 Å². The maximum absolute atomic E-state index is 9.87. The zero-order chi connectivity index (χ0) is 9.61. The van der Waals surface area contributed by atoms with Crippen LogP contribution in [-0.2, 0) is 9.53 Å². The third-order valence-corrected chi connectivity index (χ3v) is 3.20. The van der Waals surface area contributed by atoms with Gasteiger partial charge in [0.15, 0.2) is 0 Å². The van der Waals surface area contributed by atoms with Crippen molar-refractivity contribution in [3.8, 4) is 0 Å². The maximum atomic E-state index is 9.87. The van der Waals surface area contributed by atoms with Crippen LogP contribution in [0.1, 0.15) is 40.5 Å². The van der Waals surface area contributed by atoms with E-state index in [1.54, 1.807) is 0 Å². The van der Waals surface area contributed by atoms with E-state index in [0.29, 0.717) is 12.5 Å². The molecule has 2 nitrogen and oxygen atoms in total. The Balaban J connectivity index is 4.01. The number of carbonyl (C=O) groups excluding carboxylic acids is 1. The van der Waals surface area contributed by atoms with Crippen molar-refractivity contribution in [2.45, 2.75) is 40.5 Å². The number of hydrogen-bond donors (Lipinski definition) is 0. The molecule has 0 aliphatic heterocycles. The summed E-state index contributed by atoms with van der Waals surface area (Å²) in [5.74, 6) is 0.411. The van der Waals surface area contributed by atoms with Gasteiger partial charge in [0, 0.05) is 0 Å². The van der Waals surface area contributed by atoms with Gasteiger partial charge in [-0.1, -0.05) is 40.5 Å². The summed E-state index contributed by atoms with van der Waals surface area (Å²) >= 11 is 0. The van der Waals surface area contributed by atoms with Crippen LogP contribution in [0.25, 0.3) is 0 Å². The molecular formula is C10H19O2. The summed E-state index contributed by atoms with van der Waals surface area (Å²) in [5.41, 5.74) is 0.289. The van der Waals surface area contributed by atoms with Crippen LogP contribution >= 0.6 is 0 Å². The Bertz CT molecular complexity index is 128. The quantitative estimate of drug-likeness (QED) is 0.614. The van der Waals surface area contributed by atoms with E-state index in [4.69, 9.17) is 0 Å². The lowest BCUT2D eigenvalue weighted by molar-refractivity contribution is 0.110. The van der Waals surface area contributed by atoms with Crippen molar-refractivity contribution in [2.75, 3.05) is 6.61 Å². The molecule has 0 N–H and O–H groups in total. The lowest BCUT2D eigenvalue weighted by Gasteiger charge is -2.32. The van der Waals surface area contributed by atoms with E-state index >= 15 is 0 Å². The summed E-state index contributed by atoms with van der Waals surface area (Å²) in [4.78, 5) is 9.87. The first-order chi connectivity index (χ1) is 5.60. The number of hydrogen-bond acceptors (Lipinski definition) is 2. The second-order valence-corrected chi connectivity index (χ2v) is 3.66. The third-order valence-electron chi connectivity index (χ3n) is 3.20. The molecular weight excluding hydrogens is 152 g/mol. The van der Waals surface area contributed by atoms with Crippen molar-refractivity contribution in [3.05, 3.63) is 0 Å². The molecule has 0 aromatic rings. The van der Waals surface area contributed by atoms with E-state index in [9.17, 15) is 4.79 Å². The maximum Gasteiger partial charge on any atom is 0.417 e. The Labute approximate surface area is 75.3 Å². The molecule has 0 amide bonds. The fraction of sp³-hybridized carbons (Fsp3) is 0.900. The molecule has 1 atom stereocenters. The molecule has 0 aromatic carbocycles. The van der Waals surface area contributed by atoms with E-state index in [2.05, 4.69) is 32.4 Å². The first-order valence-electron chi connectivity index (χ1n) is 4.59. The molecule has 0 rings (SSSR count). The van der Waals surface area contributed by atoms with Crippen molar-refractivity contribution < 1.29 is 9.53 Å². The Kier molecular flexibility index (Phi) is 4.95. The molecule has 0 aromatic heterocycles. The SMILES string of the molecule is CCC(C)(CC)C(C)CO[C]=O. The van der Waals surface area contributed by atoms with Gasteiger partial charge in [0.05, 0.1) is 6.61 Å². The van der Waals surface area contributed by atoms with E-state index in [-0.39, 0.29) is 5.41 Å². The van der Waals surface area contributed by atoms with E-state index in [0.717, 1.165) is 12.8 Å². The van der Waals surface area contributed by atoms with Crippen LogP contribution in [-0.4, -0.2) is 13.1 Å². The minimum Gasteiger partial charge on any atom is -0.457 e. The lowest BCUT2D eigenvalue weighted by atomic mass is 9.74. The largest absolute Gasteiger partial charge is 0.457 e. The highest BCUT2D eigenvalue weighted by molar-refractivity contribution is 5.38. The molecule has 0 heterocycles. The smallest absolute Gasteiger partial charge is 0.417 e. The average molecular weight is 171 g/mol. The van der Waals surface area contributed by atoms with Gasteiger partial charge in [-0.25, -0.2) is 4.79 Å². The molecule has 0 aliphatic carbocycles. The van der Waals surface area contributed by atoms with Crippen molar-refractivity contribution in [2.24, 2.45) is 11.3 Å². The van der Waals surface area contributed by atoms with Crippen LogP contribution in [0.15, 0.2) is 0 Å². The van der Waals surface area contributed by atoms with Crippen LogP contribution < -0.4 is 0 Å². The van der Waals surface area contributed by atoms with Crippen molar-refractivity contribution in [1.29, 1.82) is 0 Å². The first kappa shape index (κ1) is 11.5. The fourth-order valence-corrected chi connectivity index (χ4v) is 1.31. The van der Waals surface area contributed by atoms with Gasteiger partial charge in [0.1, 0.15) is 0 Å². The summed E-state index contributed by atoms with van der Waals surface area (Å²) in [6.45, 7) is 10.6. The predicted octanol–water partition coefficient (Wildman–Crippen LogP) is 2.53. The van der Waals surface area contributed by atoms with Gasteiger partial charge in [-0.15, -0.1) is 0 Å². The average Bonchev–Trinajstić information content (AvgIpc) is 2.12. The van der Waals surface area contributed by atoms with Gasteiger partial charge in [0.2, 0.25) is 0 Å². The third kappa shape index (κ3) is 2.84. The second-order valence-electron chi connectivity index (χ2n) is 3.66. The predicted molar refractivity (Wildman–Crippen MR) is 49.5 cm³/mol. The van der Waals surface area contributed by atoms with E-state index in [1.807, 2.05) is 0 Å². The van der Waals surface area contributed by atoms with Crippen LogP contribution in [0.5, 0.6) is 0 Å². The molecule has 0 fully saturated rings. The second kappa shape index (κ2) is 5.18. The fourth-order valence-electron chi connectivity index (χ4n) is 1.31. The molecule has 0 saturated heterocycles. The van der Waals surface area contributed by atoms with E-state index < -0.39 is 0 Å². The Morgan fingerprint density at radius 1 is 1.42 bits per heavy atom. The molecule has 1 radical (unpaired) electrons. The first-order valence-corrected chi connectivity index (χ1v) is 4.59. The molecule has 0 bridgehead atoms. The highest BCUT2D eigenvalue weighted by Gasteiger charge is 2.27. The highest BCUT2D eigenvalue weighted by atomic mass is 16.5. The standard InChI is InChI=1S/C10H19O2/c1-5-10(4,6-2)9(3)7-12-8-11/h9H,5-7H2,1-4H3. The van der Waals surface area contributed by atoms with Crippen LogP contribution in [0, 0.1) is 11.3 Å². The minimum atomic E-state index is 0.289. The Hall–Kier alpha value is -0.530. The molecule has 0 aliphatic rings. The summed E-state index contributed by atoms with van der Waals surface area (Å²) in [5, 5.41) is 0. The topological polar surface area (TPSA) is 26.3 Å². The van der Waals surface area contributed by atoms with Gasteiger partial charge in [-0.3, -0.25) is 0 Å². The monoisotopic (exact) mass is 171 g/mol. The lowest BCUT2D eigenvalue weighted by Crippen LogP contribution is -2.27. The molecule has 2 heteroatoms. The van der Waals surface area contributed by atoms with Gasteiger partial charge in [-0.2, -0.15) is 0 Å². The zero-order valence-electron chi connectivity index (χ0n) is 8.52. The van der Waals surface area contributed by atoms with Crippen molar-refractivity contribution in [1.82, 2.24) is 0 Å². The van der Waals surface area contributed by atoms with Gasteiger partial charge in [0.25, 0.3) is 0 Å². The van der Waals surface area contributed by atoms with Crippen LogP contribution in [0.4, 0.5) is 0 Å². The zero-order valence-corrected chi connectivity index (χ0v) is 8.52. The van der Waals surface area contributed by atoms with E-state index in [1.165, 1.54) is 6.47 Å². The molecule has 12 heavy (non-hydrogen) atoms. The minimum absolute atomic E-state index is 0.289. The normalized spacial score (nSPS) is 14.0. The molecule has 1 unspecified atom stereocenters.